The number of aryl methyl sites for hydroxylation is 2. The maximum Gasteiger partial charge on any atom is 0.185 e. The third-order valence-electron chi connectivity index (χ3n) is 4.60. The molecule has 1 heteroatoms. The van der Waals surface area contributed by atoms with Gasteiger partial charge in [0.1, 0.15) is 0 Å². The van der Waals surface area contributed by atoms with Crippen LogP contribution in [0.25, 0.3) is 0 Å². The Balaban J connectivity index is 3.24. The third-order valence-corrected chi connectivity index (χ3v) is 4.60. The van der Waals surface area contributed by atoms with Crippen molar-refractivity contribution in [2.75, 3.05) is 0 Å². The minimum Gasteiger partial charge on any atom is -0.289 e. The van der Waals surface area contributed by atoms with Crippen molar-refractivity contribution < 1.29 is 5.11 Å². The van der Waals surface area contributed by atoms with Crippen LogP contribution in [-0.4, -0.2) is 0 Å². The first-order valence-electron chi connectivity index (χ1n) is 9.44. The van der Waals surface area contributed by atoms with Crippen LogP contribution in [0.5, 0.6) is 5.75 Å². The Morgan fingerprint density at radius 1 is 0.826 bits per heavy atom. The van der Waals surface area contributed by atoms with Crippen molar-refractivity contribution in [3.8, 4) is 5.75 Å². The van der Waals surface area contributed by atoms with Crippen LogP contribution in [0, 0.1) is 5.41 Å². The Hall–Kier alpha value is -0.980. The molecule has 0 spiro atoms. The fraction of sp³-hybridized carbons (Fsp3) is 0.727. The smallest absolute Gasteiger partial charge is 0.185 e. The first kappa shape index (κ1) is 20.1. The topological polar surface area (TPSA) is 19.9 Å². The van der Waals surface area contributed by atoms with Crippen LogP contribution in [0.1, 0.15) is 97.3 Å². The van der Waals surface area contributed by atoms with Gasteiger partial charge in [-0.05, 0) is 48.5 Å². The highest BCUT2D eigenvalue weighted by atomic mass is 16.3. The summed E-state index contributed by atoms with van der Waals surface area (Å²) < 4.78 is 0. The normalized spacial score (nSPS) is 12.7. The molecule has 0 saturated carbocycles. The summed E-state index contributed by atoms with van der Waals surface area (Å²) in [7, 11) is 0. The molecule has 0 aromatic heterocycles. The zero-order valence-electron chi connectivity index (χ0n) is 16.5. The highest BCUT2D eigenvalue weighted by Gasteiger charge is 2.28. The standard InChI is InChI=1S/C22H37O/c1-8-10-12-17-14-19(22(6,7)16-21(3,4)5)15-18(20(17)23)13-11-9-2/h14-15H,8-13,16H2,1-7H3. The summed E-state index contributed by atoms with van der Waals surface area (Å²) in [6.07, 6.45) is 7.45. The van der Waals surface area contributed by atoms with Gasteiger partial charge < -0.3 is 0 Å². The minimum absolute atomic E-state index is 0.105. The van der Waals surface area contributed by atoms with Gasteiger partial charge in [-0.15, -0.1) is 0 Å². The SMILES string of the molecule is CCCCc1cc(C(C)(C)CC(C)(C)C)cc(CCCC)c1[O]. The van der Waals surface area contributed by atoms with Crippen molar-refractivity contribution in [3.05, 3.63) is 28.8 Å². The van der Waals surface area contributed by atoms with E-state index in [1.54, 1.807) is 0 Å². The maximum atomic E-state index is 12.7. The van der Waals surface area contributed by atoms with E-state index in [-0.39, 0.29) is 10.8 Å². The maximum absolute atomic E-state index is 12.7. The summed E-state index contributed by atoms with van der Waals surface area (Å²) >= 11 is 0. The fourth-order valence-electron chi connectivity index (χ4n) is 3.68. The molecule has 0 N–H and O–H groups in total. The molecule has 0 amide bonds. The van der Waals surface area contributed by atoms with E-state index in [0.717, 1.165) is 56.1 Å². The molecule has 1 rings (SSSR count). The zero-order chi connectivity index (χ0) is 17.7. The molecule has 131 valence electrons. The quantitative estimate of drug-likeness (QED) is 0.482. The van der Waals surface area contributed by atoms with E-state index in [1.165, 1.54) is 5.56 Å². The zero-order valence-corrected chi connectivity index (χ0v) is 16.5. The molecule has 1 aromatic carbocycles. The summed E-state index contributed by atoms with van der Waals surface area (Å²) in [4.78, 5) is 0. The lowest BCUT2D eigenvalue weighted by atomic mass is 9.71. The molecule has 0 saturated heterocycles. The molecule has 0 aliphatic heterocycles. The highest BCUT2D eigenvalue weighted by Crippen LogP contribution is 2.39. The predicted molar refractivity (Wildman–Crippen MR) is 101 cm³/mol. The average molecular weight is 318 g/mol. The lowest BCUT2D eigenvalue weighted by Gasteiger charge is -2.33. The second-order valence-corrected chi connectivity index (χ2v) is 8.95. The van der Waals surface area contributed by atoms with Gasteiger partial charge in [-0.25, -0.2) is 0 Å². The van der Waals surface area contributed by atoms with Crippen molar-refractivity contribution in [1.29, 1.82) is 0 Å². The average Bonchev–Trinajstić information content (AvgIpc) is 2.42. The first-order chi connectivity index (χ1) is 10.6. The van der Waals surface area contributed by atoms with Gasteiger partial charge in [-0.3, -0.25) is 5.11 Å². The van der Waals surface area contributed by atoms with Gasteiger partial charge in [0.15, 0.2) is 5.75 Å². The number of rotatable bonds is 8. The van der Waals surface area contributed by atoms with Crippen molar-refractivity contribution >= 4 is 0 Å². The van der Waals surface area contributed by atoms with Crippen LogP contribution in [0.2, 0.25) is 0 Å². The predicted octanol–water partition coefficient (Wildman–Crippen LogP) is 7.23. The molecule has 0 aliphatic carbocycles. The monoisotopic (exact) mass is 317 g/mol. The molecular weight excluding hydrogens is 280 g/mol. The van der Waals surface area contributed by atoms with Gasteiger partial charge in [0.2, 0.25) is 0 Å². The number of hydrogen-bond acceptors (Lipinski definition) is 0. The van der Waals surface area contributed by atoms with Crippen molar-refractivity contribution in [3.63, 3.8) is 0 Å². The number of hydrogen-bond donors (Lipinski definition) is 0. The second-order valence-electron chi connectivity index (χ2n) is 8.95. The fourth-order valence-corrected chi connectivity index (χ4v) is 3.68. The van der Waals surface area contributed by atoms with Gasteiger partial charge >= 0.3 is 0 Å². The van der Waals surface area contributed by atoms with Crippen LogP contribution >= 0.6 is 0 Å². The Kier molecular flexibility index (Phi) is 7.17. The van der Waals surface area contributed by atoms with Crippen molar-refractivity contribution in [2.24, 2.45) is 5.41 Å². The van der Waals surface area contributed by atoms with E-state index in [4.69, 9.17) is 0 Å². The molecule has 0 bridgehead atoms. The van der Waals surface area contributed by atoms with E-state index in [1.807, 2.05) is 0 Å². The number of unbranched alkanes of at least 4 members (excludes halogenated alkanes) is 2. The Morgan fingerprint density at radius 2 is 1.26 bits per heavy atom. The van der Waals surface area contributed by atoms with Gasteiger partial charge in [-0.1, -0.05) is 73.4 Å². The van der Waals surface area contributed by atoms with Crippen LogP contribution < -0.4 is 0 Å². The summed E-state index contributed by atoms with van der Waals surface area (Å²) in [6.45, 7) is 15.9. The van der Waals surface area contributed by atoms with Gasteiger partial charge in [0.05, 0.1) is 0 Å². The van der Waals surface area contributed by atoms with E-state index < -0.39 is 0 Å². The van der Waals surface area contributed by atoms with E-state index >= 15 is 0 Å². The summed E-state index contributed by atoms with van der Waals surface area (Å²) in [5.74, 6) is 0.308. The van der Waals surface area contributed by atoms with Crippen LogP contribution in [0.4, 0.5) is 0 Å². The van der Waals surface area contributed by atoms with Gasteiger partial charge in [0, 0.05) is 11.1 Å². The van der Waals surface area contributed by atoms with Crippen LogP contribution in [-0.2, 0) is 23.4 Å². The Labute approximate surface area is 144 Å². The highest BCUT2D eigenvalue weighted by molar-refractivity contribution is 5.46. The second kappa shape index (κ2) is 8.22. The largest absolute Gasteiger partial charge is 0.289 e. The van der Waals surface area contributed by atoms with Gasteiger partial charge in [-0.2, -0.15) is 0 Å². The molecule has 23 heavy (non-hydrogen) atoms. The van der Waals surface area contributed by atoms with E-state index in [0.29, 0.717) is 5.75 Å². The van der Waals surface area contributed by atoms with Gasteiger partial charge in [0.25, 0.3) is 0 Å². The molecule has 0 atom stereocenters. The van der Waals surface area contributed by atoms with E-state index in [9.17, 15) is 5.11 Å². The summed E-state index contributed by atoms with van der Waals surface area (Å²) in [5, 5.41) is 12.7. The first-order valence-corrected chi connectivity index (χ1v) is 9.44. The Morgan fingerprint density at radius 3 is 1.61 bits per heavy atom. The molecule has 1 radical (unpaired) electrons. The number of benzene rings is 1. The molecule has 0 aliphatic rings. The van der Waals surface area contributed by atoms with E-state index in [2.05, 4.69) is 60.6 Å². The lowest BCUT2D eigenvalue weighted by molar-refractivity contribution is 0.283. The summed E-state index contributed by atoms with van der Waals surface area (Å²) in [6, 6.07) is 4.42. The third kappa shape index (κ3) is 6.20. The van der Waals surface area contributed by atoms with Crippen molar-refractivity contribution in [1.82, 2.24) is 0 Å². The molecule has 1 aromatic rings. The molecule has 0 unspecified atom stereocenters. The Bertz CT molecular complexity index is 462. The van der Waals surface area contributed by atoms with Crippen LogP contribution in [0.3, 0.4) is 0 Å². The molecule has 1 nitrogen and oxygen atoms in total. The summed E-state index contributed by atoms with van der Waals surface area (Å²) in [5.41, 5.74) is 3.82. The molecule has 0 heterocycles. The minimum atomic E-state index is 0.105. The molecule has 0 fully saturated rings. The molecular formula is C22H37O. The van der Waals surface area contributed by atoms with Crippen molar-refractivity contribution in [2.45, 2.75) is 98.8 Å². The van der Waals surface area contributed by atoms with Crippen LogP contribution in [0.15, 0.2) is 12.1 Å². The lowest BCUT2D eigenvalue weighted by Crippen LogP contribution is -2.25.